The van der Waals surface area contributed by atoms with Gasteiger partial charge in [0.25, 0.3) is 5.91 Å². The molecule has 0 saturated carbocycles. The molecule has 0 spiro atoms. The van der Waals surface area contributed by atoms with Crippen molar-refractivity contribution in [2.75, 3.05) is 0 Å². The van der Waals surface area contributed by atoms with Crippen LogP contribution in [0, 0.1) is 0 Å². The first-order chi connectivity index (χ1) is 8.08. The topological polar surface area (TPSA) is 84.2 Å². The van der Waals surface area contributed by atoms with Gasteiger partial charge in [-0.25, -0.2) is 4.79 Å². The van der Waals surface area contributed by atoms with E-state index in [1.807, 2.05) is 0 Å². The van der Waals surface area contributed by atoms with Crippen molar-refractivity contribution in [1.82, 2.24) is 15.1 Å². The minimum atomic E-state index is -5.11. The first-order valence-corrected chi connectivity index (χ1v) is 4.69. The molecule has 2 N–H and O–H groups in total. The lowest BCUT2D eigenvalue weighted by Gasteiger charge is -2.28. The standard InChI is InChI=1S/C9H10F3N3O3/c1-8(7(17)18,9(10,11)12)14-6(16)5-3-13-15(2)4-5/h3-4H,1-2H3,(H,14,16)(H,17,18). The Morgan fingerprint density at radius 3 is 2.33 bits per heavy atom. The normalized spacial score (nSPS) is 14.9. The number of halogens is 3. The number of aryl methyl sites for hydroxylation is 1. The number of aromatic nitrogens is 2. The summed E-state index contributed by atoms with van der Waals surface area (Å²) in [7, 11) is 1.47. The first-order valence-electron chi connectivity index (χ1n) is 4.69. The fraction of sp³-hybridized carbons (Fsp3) is 0.444. The van der Waals surface area contributed by atoms with E-state index in [1.165, 1.54) is 23.2 Å². The van der Waals surface area contributed by atoms with Gasteiger partial charge in [0.05, 0.1) is 11.8 Å². The second-order valence-electron chi connectivity index (χ2n) is 3.78. The highest BCUT2D eigenvalue weighted by atomic mass is 19.4. The molecule has 0 aromatic carbocycles. The molecule has 9 heteroatoms. The first kappa shape index (κ1) is 14.0. The smallest absolute Gasteiger partial charge is 0.422 e. The van der Waals surface area contributed by atoms with Crippen LogP contribution in [0.25, 0.3) is 0 Å². The molecule has 0 radical (unpaired) electrons. The van der Waals surface area contributed by atoms with E-state index in [-0.39, 0.29) is 5.56 Å². The van der Waals surface area contributed by atoms with Crippen molar-refractivity contribution in [2.24, 2.45) is 7.05 Å². The van der Waals surface area contributed by atoms with Gasteiger partial charge in [0.1, 0.15) is 0 Å². The number of nitrogens with one attached hydrogen (secondary N) is 1. The predicted octanol–water partition coefficient (Wildman–Crippen LogP) is 0.555. The molecule has 0 fully saturated rings. The summed E-state index contributed by atoms with van der Waals surface area (Å²) in [4.78, 5) is 22.2. The molecule has 0 bridgehead atoms. The van der Waals surface area contributed by atoms with Crippen LogP contribution in [0.5, 0.6) is 0 Å². The summed E-state index contributed by atoms with van der Waals surface area (Å²) < 4.78 is 39.1. The lowest BCUT2D eigenvalue weighted by Crippen LogP contribution is -2.61. The van der Waals surface area contributed by atoms with E-state index < -0.39 is 23.6 Å². The van der Waals surface area contributed by atoms with Gasteiger partial charge in [-0.1, -0.05) is 0 Å². The summed E-state index contributed by atoms with van der Waals surface area (Å²) in [6.45, 7) is 0.379. The maximum absolute atomic E-state index is 12.6. The van der Waals surface area contributed by atoms with Crippen molar-refractivity contribution >= 4 is 11.9 Å². The molecule has 1 rings (SSSR count). The van der Waals surface area contributed by atoms with Gasteiger partial charge in [0, 0.05) is 13.2 Å². The fourth-order valence-electron chi connectivity index (χ4n) is 1.08. The van der Waals surface area contributed by atoms with E-state index in [0.29, 0.717) is 6.92 Å². The van der Waals surface area contributed by atoms with Crippen LogP contribution in [0.3, 0.4) is 0 Å². The zero-order chi connectivity index (χ0) is 14.1. The van der Waals surface area contributed by atoms with Crippen molar-refractivity contribution in [3.05, 3.63) is 18.0 Å². The van der Waals surface area contributed by atoms with Crippen LogP contribution in [-0.4, -0.2) is 38.5 Å². The van der Waals surface area contributed by atoms with Crippen molar-refractivity contribution < 1.29 is 27.9 Å². The third-order valence-corrected chi connectivity index (χ3v) is 2.33. The largest absolute Gasteiger partial charge is 0.479 e. The van der Waals surface area contributed by atoms with E-state index in [0.717, 1.165) is 6.20 Å². The highest BCUT2D eigenvalue weighted by Gasteiger charge is 2.58. The van der Waals surface area contributed by atoms with Gasteiger partial charge in [0.15, 0.2) is 0 Å². The molecule has 1 amide bonds. The third-order valence-electron chi connectivity index (χ3n) is 2.33. The van der Waals surface area contributed by atoms with Gasteiger partial charge in [0.2, 0.25) is 5.54 Å². The van der Waals surface area contributed by atoms with Gasteiger partial charge in [-0.2, -0.15) is 18.3 Å². The number of nitrogens with zero attached hydrogens (tertiary/aromatic N) is 2. The Morgan fingerprint density at radius 1 is 1.44 bits per heavy atom. The number of hydrogen-bond acceptors (Lipinski definition) is 3. The Bertz CT molecular complexity index is 483. The second-order valence-corrected chi connectivity index (χ2v) is 3.78. The minimum Gasteiger partial charge on any atom is -0.479 e. The van der Waals surface area contributed by atoms with Crippen LogP contribution in [-0.2, 0) is 11.8 Å². The summed E-state index contributed by atoms with van der Waals surface area (Å²) in [5.74, 6) is -3.35. The average molecular weight is 265 g/mol. The van der Waals surface area contributed by atoms with Crippen LogP contribution >= 0.6 is 0 Å². The number of aliphatic carboxylic acids is 1. The van der Waals surface area contributed by atoms with Gasteiger partial charge in [-0.05, 0) is 6.92 Å². The van der Waals surface area contributed by atoms with Crippen molar-refractivity contribution in [2.45, 2.75) is 18.6 Å². The van der Waals surface area contributed by atoms with Gasteiger partial charge < -0.3 is 10.4 Å². The van der Waals surface area contributed by atoms with E-state index in [2.05, 4.69) is 5.10 Å². The maximum atomic E-state index is 12.6. The molecule has 1 aromatic heterocycles. The quantitative estimate of drug-likeness (QED) is 0.836. The molecule has 0 aliphatic rings. The van der Waals surface area contributed by atoms with E-state index in [1.54, 1.807) is 0 Å². The number of carbonyl (C=O) groups is 2. The fourth-order valence-corrected chi connectivity index (χ4v) is 1.08. The Labute approximate surface area is 99.4 Å². The number of amides is 1. The Hall–Kier alpha value is -2.06. The summed E-state index contributed by atoms with van der Waals surface area (Å²) in [5.41, 5.74) is -3.51. The van der Waals surface area contributed by atoms with Crippen molar-refractivity contribution in [3.8, 4) is 0 Å². The second kappa shape index (κ2) is 4.31. The molecule has 100 valence electrons. The number of hydrogen-bond donors (Lipinski definition) is 2. The molecule has 18 heavy (non-hydrogen) atoms. The summed E-state index contributed by atoms with van der Waals surface area (Å²) in [5, 5.41) is 13.7. The maximum Gasteiger partial charge on any atom is 0.422 e. The zero-order valence-corrected chi connectivity index (χ0v) is 9.45. The number of carboxylic acid groups (broad SMARTS) is 1. The lowest BCUT2D eigenvalue weighted by molar-refractivity contribution is -0.203. The molecular weight excluding hydrogens is 255 g/mol. The monoisotopic (exact) mass is 265 g/mol. The van der Waals surface area contributed by atoms with Crippen molar-refractivity contribution in [1.29, 1.82) is 0 Å². The minimum absolute atomic E-state index is 0.158. The predicted molar refractivity (Wildman–Crippen MR) is 52.8 cm³/mol. The van der Waals surface area contributed by atoms with Crippen LogP contribution in [0.4, 0.5) is 13.2 Å². The number of rotatable bonds is 3. The Balaban J connectivity index is 3.00. The molecule has 0 aliphatic heterocycles. The van der Waals surface area contributed by atoms with E-state index in [4.69, 9.17) is 5.11 Å². The summed E-state index contributed by atoms with van der Waals surface area (Å²) in [6.07, 6.45) is -2.90. The van der Waals surface area contributed by atoms with Crippen LogP contribution < -0.4 is 5.32 Å². The van der Waals surface area contributed by atoms with Crippen LogP contribution in [0.2, 0.25) is 0 Å². The van der Waals surface area contributed by atoms with E-state index in [9.17, 15) is 22.8 Å². The van der Waals surface area contributed by atoms with Gasteiger partial charge in [-0.3, -0.25) is 9.48 Å². The molecule has 6 nitrogen and oxygen atoms in total. The zero-order valence-electron chi connectivity index (χ0n) is 9.45. The molecule has 0 saturated heterocycles. The average Bonchev–Trinajstić information content (AvgIpc) is 2.62. The number of carbonyl (C=O) groups excluding carboxylic acids is 1. The molecule has 1 atom stereocenters. The van der Waals surface area contributed by atoms with Crippen LogP contribution in [0.1, 0.15) is 17.3 Å². The molecule has 1 heterocycles. The Kier molecular flexibility index (Phi) is 3.36. The third kappa shape index (κ3) is 2.44. The number of carboxylic acids is 1. The summed E-state index contributed by atoms with van der Waals surface area (Å²) in [6, 6.07) is 0. The molecule has 0 aliphatic carbocycles. The molecule has 1 unspecified atom stereocenters. The van der Waals surface area contributed by atoms with Gasteiger partial charge in [-0.15, -0.1) is 0 Å². The number of alkyl halides is 3. The van der Waals surface area contributed by atoms with Gasteiger partial charge >= 0.3 is 12.1 Å². The van der Waals surface area contributed by atoms with E-state index >= 15 is 0 Å². The molecule has 1 aromatic rings. The van der Waals surface area contributed by atoms with Crippen molar-refractivity contribution in [3.63, 3.8) is 0 Å². The lowest BCUT2D eigenvalue weighted by atomic mass is 10.0. The molecular formula is C9H10F3N3O3. The van der Waals surface area contributed by atoms with Crippen LogP contribution in [0.15, 0.2) is 12.4 Å². The highest BCUT2D eigenvalue weighted by Crippen LogP contribution is 2.30. The Morgan fingerprint density at radius 2 is 2.00 bits per heavy atom. The SMILES string of the molecule is Cn1cc(C(=O)NC(C)(C(=O)O)C(F)(F)F)cn1. The summed E-state index contributed by atoms with van der Waals surface area (Å²) >= 11 is 0. The highest BCUT2D eigenvalue weighted by molar-refractivity contribution is 5.97.